The first kappa shape index (κ1) is 16.2. The van der Waals surface area contributed by atoms with E-state index < -0.39 is 0 Å². The first-order valence-electron chi connectivity index (χ1n) is 8.80. The van der Waals surface area contributed by atoms with E-state index in [9.17, 15) is 4.79 Å². The van der Waals surface area contributed by atoms with E-state index >= 15 is 0 Å². The number of hydrogen-bond acceptors (Lipinski definition) is 5. The summed E-state index contributed by atoms with van der Waals surface area (Å²) in [5.74, 6) is 1.50. The Morgan fingerprint density at radius 1 is 1.13 bits per heavy atom. The number of hydrogen-bond donors (Lipinski definition) is 1. The van der Waals surface area contributed by atoms with Gasteiger partial charge in [-0.1, -0.05) is 32.1 Å². The maximum absolute atomic E-state index is 12.6. The van der Waals surface area contributed by atoms with Crippen LogP contribution in [0.15, 0.2) is 18.5 Å². The molecule has 2 heterocycles. The molecule has 3 rings (SSSR count). The van der Waals surface area contributed by atoms with Crippen LogP contribution in [0.1, 0.15) is 38.5 Å². The largest absolute Gasteiger partial charge is 0.338 e. The van der Waals surface area contributed by atoms with Gasteiger partial charge in [-0.3, -0.25) is 4.79 Å². The summed E-state index contributed by atoms with van der Waals surface area (Å²) in [5, 5.41) is 0. The summed E-state index contributed by atoms with van der Waals surface area (Å²) in [4.78, 5) is 25.1. The highest BCUT2D eigenvalue weighted by Crippen LogP contribution is 2.27. The number of piperazine rings is 1. The molecule has 0 aromatic carbocycles. The number of nitrogens with zero attached hydrogens (tertiary/aromatic N) is 4. The lowest BCUT2D eigenvalue weighted by Crippen LogP contribution is -2.53. The van der Waals surface area contributed by atoms with E-state index in [0.29, 0.717) is 19.0 Å². The second-order valence-electron chi connectivity index (χ2n) is 6.71. The van der Waals surface area contributed by atoms with Crippen molar-refractivity contribution in [1.29, 1.82) is 0 Å². The molecule has 0 radical (unpaired) electrons. The summed E-state index contributed by atoms with van der Waals surface area (Å²) in [6, 6.07) is 1.48. The molecule has 1 aliphatic heterocycles. The number of rotatable bonds is 4. The van der Waals surface area contributed by atoms with Gasteiger partial charge in [-0.05, 0) is 18.4 Å². The van der Waals surface area contributed by atoms with Crippen LogP contribution in [0.25, 0.3) is 0 Å². The highest BCUT2D eigenvalue weighted by molar-refractivity contribution is 5.81. The van der Waals surface area contributed by atoms with Crippen molar-refractivity contribution < 1.29 is 4.79 Å². The average Bonchev–Trinajstić information content (AvgIpc) is 2.63. The van der Waals surface area contributed by atoms with Crippen molar-refractivity contribution >= 4 is 11.9 Å². The van der Waals surface area contributed by atoms with E-state index in [2.05, 4.69) is 14.9 Å². The molecular formula is C17H27N5O. The molecule has 1 amide bonds. The van der Waals surface area contributed by atoms with Crippen molar-refractivity contribution in [3.8, 4) is 0 Å². The van der Waals surface area contributed by atoms with Crippen LogP contribution in [0.3, 0.4) is 0 Å². The predicted molar refractivity (Wildman–Crippen MR) is 90.0 cm³/mol. The summed E-state index contributed by atoms with van der Waals surface area (Å²) >= 11 is 0. The lowest BCUT2D eigenvalue weighted by atomic mass is 9.84. The number of amides is 1. The molecule has 0 spiro atoms. The van der Waals surface area contributed by atoms with Crippen LogP contribution in [0.5, 0.6) is 0 Å². The predicted octanol–water partition coefficient (Wildman–Crippen LogP) is 1.42. The zero-order valence-electron chi connectivity index (χ0n) is 13.7. The molecule has 2 N–H and O–H groups in total. The minimum atomic E-state index is -0.336. The quantitative estimate of drug-likeness (QED) is 0.909. The molecule has 1 unspecified atom stereocenters. The SMILES string of the molecule is NC(CC1CCCCC1)C(=O)N1CCN(c2ncccn2)CC1. The molecule has 6 heteroatoms. The van der Waals surface area contributed by atoms with Crippen molar-refractivity contribution in [2.75, 3.05) is 31.1 Å². The van der Waals surface area contributed by atoms with Crippen LogP contribution >= 0.6 is 0 Å². The maximum Gasteiger partial charge on any atom is 0.239 e. The Morgan fingerprint density at radius 2 is 1.78 bits per heavy atom. The van der Waals surface area contributed by atoms with Crippen LogP contribution in [0, 0.1) is 5.92 Å². The third kappa shape index (κ3) is 4.19. The number of aromatic nitrogens is 2. The third-order valence-corrected chi connectivity index (χ3v) is 5.06. The van der Waals surface area contributed by atoms with Gasteiger partial charge in [0, 0.05) is 38.6 Å². The van der Waals surface area contributed by atoms with Gasteiger partial charge in [0.05, 0.1) is 6.04 Å². The molecule has 0 bridgehead atoms. The molecule has 2 fully saturated rings. The minimum Gasteiger partial charge on any atom is -0.338 e. The average molecular weight is 317 g/mol. The number of carbonyl (C=O) groups is 1. The topological polar surface area (TPSA) is 75.4 Å². The van der Waals surface area contributed by atoms with Crippen LogP contribution < -0.4 is 10.6 Å². The van der Waals surface area contributed by atoms with Crippen molar-refractivity contribution in [3.63, 3.8) is 0 Å². The molecule has 23 heavy (non-hydrogen) atoms. The van der Waals surface area contributed by atoms with E-state index in [-0.39, 0.29) is 11.9 Å². The highest BCUT2D eigenvalue weighted by Gasteiger charge is 2.28. The number of carbonyl (C=O) groups excluding carboxylic acids is 1. The van der Waals surface area contributed by atoms with E-state index in [4.69, 9.17) is 5.73 Å². The van der Waals surface area contributed by atoms with Crippen LogP contribution in [-0.4, -0.2) is 53.0 Å². The lowest BCUT2D eigenvalue weighted by Gasteiger charge is -2.36. The number of nitrogens with two attached hydrogens (primary N) is 1. The molecule has 2 aliphatic rings. The summed E-state index contributed by atoms with van der Waals surface area (Å²) in [7, 11) is 0. The molecule has 6 nitrogen and oxygen atoms in total. The molecule has 1 aliphatic carbocycles. The molecular weight excluding hydrogens is 290 g/mol. The Balaban J connectivity index is 1.47. The Bertz CT molecular complexity index is 495. The van der Waals surface area contributed by atoms with E-state index in [1.54, 1.807) is 12.4 Å². The van der Waals surface area contributed by atoms with Crippen molar-refractivity contribution in [3.05, 3.63) is 18.5 Å². The normalized spacial score (nSPS) is 21.3. The molecule has 1 saturated carbocycles. The zero-order chi connectivity index (χ0) is 16.1. The summed E-state index contributed by atoms with van der Waals surface area (Å²) in [6.07, 6.45) is 10.7. The van der Waals surface area contributed by atoms with E-state index in [0.717, 1.165) is 25.5 Å². The van der Waals surface area contributed by atoms with Crippen molar-refractivity contribution in [2.24, 2.45) is 11.7 Å². The fourth-order valence-electron chi connectivity index (χ4n) is 3.70. The van der Waals surface area contributed by atoms with E-state index in [1.807, 2.05) is 11.0 Å². The van der Waals surface area contributed by atoms with Gasteiger partial charge in [0.1, 0.15) is 0 Å². The summed E-state index contributed by atoms with van der Waals surface area (Å²) < 4.78 is 0. The summed E-state index contributed by atoms with van der Waals surface area (Å²) in [5.41, 5.74) is 6.20. The van der Waals surface area contributed by atoms with Gasteiger partial charge < -0.3 is 15.5 Å². The Labute approximate surface area is 138 Å². The second-order valence-corrected chi connectivity index (χ2v) is 6.71. The van der Waals surface area contributed by atoms with Crippen LogP contribution in [0.2, 0.25) is 0 Å². The Kier molecular flexibility index (Phi) is 5.43. The van der Waals surface area contributed by atoms with E-state index in [1.165, 1.54) is 32.1 Å². The minimum absolute atomic E-state index is 0.115. The molecule has 1 aromatic rings. The van der Waals surface area contributed by atoms with Gasteiger partial charge in [-0.25, -0.2) is 9.97 Å². The van der Waals surface area contributed by atoms with Crippen LogP contribution in [-0.2, 0) is 4.79 Å². The summed E-state index contributed by atoms with van der Waals surface area (Å²) in [6.45, 7) is 2.95. The van der Waals surface area contributed by atoms with Gasteiger partial charge in [0.25, 0.3) is 0 Å². The second kappa shape index (κ2) is 7.73. The highest BCUT2D eigenvalue weighted by atomic mass is 16.2. The fraction of sp³-hybridized carbons (Fsp3) is 0.706. The van der Waals surface area contributed by atoms with Crippen molar-refractivity contribution in [2.45, 2.75) is 44.6 Å². The van der Waals surface area contributed by atoms with Gasteiger partial charge >= 0.3 is 0 Å². The van der Waals surface area contributed by atoms with Gasteiger partial charge in [-0.15, -0.1) is 0 Å². The molecule has 1 aromatic heterocycles. The smallest absolute Gasteiger partial charge is 0.239 e. The van der Waals surface area contributed by atoms with Gasteiger partial charge in [-0.2, -0.15) is 0 Å². The fourth-order valence-corrected chi connectivity index (χ4v) is 3.70. The van der Waals surface area contributed by atoms with Crippen LogP contribution in [0.4, 0.5) is 5.95 Å². The lowest BCUT2D eigenvalue weighted by molar-refractivity contribution is -0.133. The Morgan fingerprint density at radius 3 is 2.43 bits per heavy atom. The first-order valence-corrected chi connectivity index (χ1v) is 8.80. The zero-order valence-corrected chi connectivity index (χ0v) is 13.7. The first-order chi connectivity index (χ1) is 11.2. The third-order valence-electron chi connectivity index (χ3n) is 5.06. The standard InChI is InChI=1S/C17H27N5O/c18-15(13-14-5-2-1-3-6-14)16(23)21-9-11-22(12-10-21)17-19-7-4-8-20-17/h4,7-8,14-15H,1-3,5-6,9-13,18H2. The monoisotopic (exact) mass is 317 g/mol. The Hall–Kier alpha value is -1.69. The molecule has 1 saturated heterocycles. The maximum atomic E-state index is 12.6. The number of anilines is 1. The van der Waals surface area contributed by atoms with Crippen molar-refractivity contribution in [1.82, 2.24) is 14.9 Å². The van der Waals surface area contributed by atoms with Gasteiger partial charge in [0.15, 0.2) is 0 Å². The molecule has 1 atom stereocenters. The van der Waals surface area contributed by atoms with Gasteiger partial charge in [0.2, 0.25) is 11.9 Å². The molecule has 126 valence electrons.